The number of rotatable bonds is 4. The summed E-state index contributed by atoms with van der Waals surface area (Å²) in [5.74, 6) is -0.839. The molecule has 118 valence electrons. The Hall–Kier alpha value is -2.62. The van der Waals surface area contributed by atoms with Gasteiger partial charge in [0.25, 0.3) is 5.91 Å². The number of benzene rings is 2. The molecule has 2 aromatic carbocycles. The highest BCUT2D eigenvalue weighted by Gasteiger charge is 2.21. The Labute approximate surface area is 135 Å². The van der Waals surface area contributed by atoms with Gasteiger partial charge in [0.05, 0.1) is 0 Å². The molecule has 0 bridgehead atoms. The molecular weight excluding hydrogens is 288 g/mol. The van der Waals surface area contributed by atoms with Gasteiger partial charge in [0.1, 0.15) is 6.04 Å². The van der Waals surface area contributed by atoms with E-state index in [1.807, 2.05) is 36.4 Å². The molecule has 0 heterocycles. The predicted octanol–water partition coefficient (Wildman–Crippen LogP) is 2.52. The van der Waals surface area contributed by atoms with Crippen LogP contribution in [0.25, 0.3) is 0 Å². The van der Waals surface area contributed by atoms with Gasteiger partial charge in [0, 0.05) is 5.56 Å². The second kappa shape index (κ2) is 6.65. The molecule has 0 saturated carbocycles. The van der Waals surface area contributed by atoms with Gasteiger partial charge in [-0.1, -0.05) is 36.4 Å². The fraction of sp³-hybridized carbons (Fsp3) is 0.263. The van der Waals surface area contributed by atoms with Crippen molar-refractivity contribution in [2.24, 2.45) is 5.73 Å². The first-order valence-electron chi connectivity index (χ1n) is 7.92. The average Bonchev–Trinajstić information content (AvgIpc) is 2.59. The molecule has 0 saturated heterocycles. The lowest BCUT2D eigenvalue weighted by Gasteiger charge is -2.18. The summed E-state index contributed by atoms with van der Waals surface area (Å²) in [5.41, 5.74) is 9.27. The highest BCUT2D eigenvalue weighted by Crippen LogP contribution is 2.22. The van der Waals surface area contributed by atoms with Gasteiger partial charge in [-0.15, -0.1) is 0 Å². The highest BCUT2D eigenvalue weighted by atomic mass is 16.2. The lowest BCUT2D eigenvalue weighted by atomic mass is 9.90. The molecule has 2 amide bonds. The molecule has 0 aliphatic heterocycles. The van der Waals surface area contributed by atoms with E-state index < -0.39 is 11.9 Å². The quantitative estimate of drug-likeness (QED) is 0.911. The van der Waals surface area contributed by atoms with Crippen LogP contribution in [0.3, 0.4) is 0 Å². The van der Waals surface area contributed by atoms with Crippen molar-refractivity contribution in [1.29, 1.82) is 0 Å². The molecule has 1 atom stereocenters. The Morgan fingerprint density at radius 1 is 0.957 bits per heavy atom. The highest BCUT2D eigenvalue weighted by molar-refractivity contribution is 5.97. The molecule has 3 N–H and O–H groups in total. The van der Waals surface area contributed by atoms with Crippen LogP contribution < -0.4 is 11.1 Å². The number of nitrogens with two attached hydrogens (primary N) is 1. The number of nitrogens with one attached hydrogen (secondary N) is 1. The first-order valence-corrected chi connectivity index (χ1v) is 7.92. The molecule has 0 unspecified atom stereocenters. The molecule has 23 heavy (non-hydrogen) atoms. The van der Waals surface area contributed by atoms with E-state index >= 15 is 0 Å². The van der Waals surface area contributed by atoms with Gasteiger partial charge in [-0.25, -0.2) is 0 Å². The van der Waals surface area contributed by atoms with Gasteiger partial charge in [0.15, 0.2) is 0 Å². The van der Waals surface area contributed by atoms with Gasteiger partial charge >= 0.3 is 0 Å². The summed E-state index contributed by atoms with van der Waals surface area (Å²) in [7, 11) is 0. The monoisotopic (exact) mass is 308 g/mol. The van der Waals surface area contributed by atoms with E-state index in [1.54, 1.807) is 12.1 Å². The van der Waals surface area contributed by atoms with E-state index in [4.69, 9.17) is 5.73 Å². The number of carbonyl (C=O) groups excluding carboxylic acids is 2. The van der Waals surface area contributed by atoms with Gasteiger partial charge in [0.2, 0.25) is 5.91 Å². The fourth-order valence-corrected chi connectivity index (χ4v) is 3.05. The minimum atomic E-state index is -0.820. The minimum absolute atomic E-state index is 0.272. The van der Waals surface area contributed by atoms with Gasteiger partial charge in [-0.05, 0) is 54.5 Å². The lowest BCUT2D eigenvalue weighted by molar-refractivity contribution is -0.120. The van der Waals surface area contributed by atoms with E-state index in [-0.39, 0.29) is 5.91 Å². The van der Waals surface area contributed by atoms with Crippen LogP contribution in [0.4, 0.5) is 0 Å². The smallest absolute Gasteiger partial charge is 0.252 e. The van der Waals surface area contributed by atoms with Crippen molar-refractivity contribution in [2.45, 2.75) is 31.7 Å². The van der Waals surface area contributed by atoms with Crippen LogP contribution in [0.15, 0.2) is 48.5 Å². The molecule has 0 aromatic heterocycles. The third-order valence-corrected chi connectivity index (χ3v) is 4.30. The summed E-state index contributed by atoms with van der Waals surface area (Å²) >= 11 is 0. The van der Waals surface area contributed by atoms with Crippen LogP contribution in [-0.4, -0.2) is 11.8 Å². The van der Waals surface area contributed by atoms with E-state index in [9.17, 15) is 9.59 Å². The largest absolute Gasteiger partial charge is 0.368 e. The number of carbonyl (C=O) groups is 2. The maximum Gasteiger partial charge on any atom is 0.252 e. The van der Waals surface area contributed by atoms with E-state index in [0.717, 1.165) is 19.3 Å². The average molecular weight is 308 g/mol. The maximum atomic E-state index is 12.5. The van der Waals surface area contributed by atoms with Crippen molar-refractivity contribution >= 4 is 11.8 Å². The summed E-state index contributed by atoms with van der Waals surface area (Å²) in [6.45, 7) is 0. The zero-order valence-corrected chi connectivity index (χ0v) is 12.9. The van der Waals surface area contributed by atoms with Crippen molar-refractivity contribution in [1.82, 2.24) is 5.32 Å². The van der Waals surface area contributed by atoms with Crippen molar-refractivity contribution in [3.05, 3.63) is 70.8 Å². The Bertz CT molecular complexity index is 725. The van der Waals surface area contributed by atoms with Crippen molar-refractivity contribution < 1.29 is 9.59 Å². The summed E-state index contributed by atoms with van der Waals surface area (Å²) in [6.07, 6.45) is 4.45. The Kier molecular flexibility index (Phi) is 4.42. The van der Waals surface area contributed by atoms with E-state index in [0.29, 0.717) is 11.1 Å². The fourth-order valence-electron chi connectivity index (χ4n) is 3.05. The lowest BCUT2D eigenvalue weighted by Crippen LogP contribution is -2.37. The van der Waals surface area contributed by atoms with Crippen LogP contribution >= 0.6 is 0 Å². The molecule has 2 aromatic rings. The zero-order valence-electron chi connectivity index (χ0n) is 12.9. The zero-order chi connectivity index (χ0) is 16.2. The summed E-state index contributed by atoms with van der Waals surface area (Å²) < 4.78 is 0. The number of primary amides is 1. The molecule has 4 nitrogen and oxygen atoms in total. The summed E-state index contributed by atoms with van der Waals surface area (Å²) in [5, 5.41) is 2.74. The molecule has 4 heteroatoms. The van der Waals surface area contributed by atoms with Crippen LogP contribution in [0.1, 0.15) is 45.9 Å². The van der Waals surface area contributed by atoms with Crippen molar-refractivity contribution in [3.8, 4) is 0 Å². The molecule has 1 aliphatic rings. The Morgan fingerprint density at radius 2 is 1.65 bits per heavy atom. The molecular formula is C19H20N2O2. The second-order valence-electron chi connectivity index (χ2n) is 5.91. The third-order valence-electron chi connectivity index (χ3n) is 4.30. The molecule has 1 aliphatic carbocycles. The predicted molar refractivity (Wildman–Crippen MR) is 88.9 cm³/mol. The number of aryl methyl sites for hydroxylation is 2. The summed E-state index contributed by atoms with van der Waals surface area (Å²) in [4.78, 5) is 24.2. The number of hydrogen-bond donors (Lipinski definition) is 2. The first-order chi connectivity index (χ1) is 11.1. The Balaban J connectivity index is 1.81. The molecule has 3 rings (SSSR count). The first kappa shape index (κ1) is 15.3. The molecule has 0 radical (unpaired) electrons. The standard InChI is InChI=1S/C19H20N2O2/c20-18(22)17(14-7-2-1-3-8-14)21-19(23)16-11-10-13-6-4-5-9-15(13)12-16/h1-3,7-8,10-12,17H,4-6,9H2,(H2,20,22)(H,21,23)/t17-/m0/s1. The number of amides is 2. The van der Waals surface area contributed by atoms with Gasteiger partial charge in [-0.2, -0.15) is 0 Å². The van der Waals surface area contributed by atoms with E-state index in [2.05, 4.69) is 5.32 Å². The molecule has 0 spiro atoms. The second-order valence-corrected chi connectivity index (χ2v) is 5.91. The third kappa shape index (κ3) is 3.42. The SMILES string of the molecule is NC(=O)[C@@H](NC(=O)c1ccc2c(c1)CCCC2)c1ccccc1. The van der Waals surface area contributed by atoms with Crippen LogP contribution in [0.5, 0.6) is 0 Å². The van der Waals surface area contributed by atoms with Gasteiger partial charge in [-0.3, -0.25) is 9.59 Å². The van der Waals surface area contributed by atoms with Crippen LogP contribution in [0, 0.1) is 0 Å². The number of fused-ring (bicyclic) bond motifs is 1. The summed E-state index contributed by atoms with van der Waals surface area (Å²) in [6, 6.07) is 14.0. The Morgan fingerprint density at radius 3 is 2.35 bits per heavy atom. The molecule has 0 fully saturated rings. The van der Waals surface area contributed by atoms with E-state index in [1.165, 1.54) is 17.5 Å². The van der Waals surface area contributed by atoms with Crippen molar-refractivity contribution in [2.75, 3.05) is 0 Å². The van der Waals surface area contributed by atoms with Gasteiger partial charge < -0.3 is 11.1 Å². The van der Waals surface area contributed by atoms with Crippen LogP contribution in [0.2, 0.25) is 0 Å². The maximum absolute atomic E-state index is 12.5. The normalized spacial score (nSPS) is 14.6. The topological polar surface area (TPSA) is 72.2 Å². The number of hydrogen-bond acceptors (Lipinski definition) is 2. The minimum Gasteiger partial charge on any atom is -0.368 e. The van der Waals surface area contributed by atoms with Crippen molar-refractivity contribution in [3.63, 3.8) is 0 Å². The van der Waals surface area contributed by atoms with Crippen LogP contribution in [-0.2, 0) is 17.6 Å².